The van der Waals surface area contributed by atoms with Gasteiger partial charge >= 0.3 is 0 Å². The lowest BCUT2D eigenvalue weighted by atomic mass is 9.87. The fourth-order valence-electron chi connectivity index (χ4n) is 3.12. The molecule has 1 amide bonds. The van der Waals surface area contributed by atoms with Crippen molar-refractivity contribution in [1.29, 1.82) is 0 Å². The number of amides is 1. The molecule has 1 aliphatic heterocycles. The minimum atomic E-state index is 0.103. The summed E-state index contributed by atoms with van der Waals surface area (Å²) in [5.41, 5.74) is 0. The Morgan fingerprint density at radius 2 is 2.00 bits per heavy atom. The number of rotatable bonds is 5. The first kappa shape index (κ1) is 12.9. The molecular formula is C14H26N2O. The Labute approximate surface area is 105 Å². The number of hydrogen-bond donors (Lipinski definition) is 1. The molecular weight excluding hydrogens is 212 g/mol. The number of carbonyl (C=O) groups excluding carboxylic acids is 1. The van der Waals surface area contributed by atoms with Crippen molar-refractivity contribution in [1.82, 2.24) is 10.2 Å². The van der Waals surface area contributed by atoms with Gasteiger partial charge in [0.1, 0.15) is 0 Å². The standard InChI is InChI=1S/C14H26N2O/c1-2-6-13-14(17)16(11-15-13)10-9-12-7-4-3-5-8-12/h12-13,15H,2-11H2,1H3. The van der Waals surface area contributed by atoms with E-state index in [1.54, 1.807) is 0 Å². The van der Waals surface area contributed by atoms with Crippen molar-refractivity contribution in [2.45, 2.75) is 64.3 Å². The zero-order valence-electron chi connectivity index (χ0n) is 11.1. The van der Waals surface area contributed by atoms with Crippen molar-refractivity contribution in [3.63, 3.8) is 0 Å². The van der Waals surface area contributed by atoms with E-state index in [2.05, 4.69) is 12.2 Å². The van der Waals surface area contributed by atoms with Gasteiger partial charge in [0, 0.05) is 6.54 Å². The van der Waals surface area contributed by atoms with Crippen molar-refractivity contribution >= 4 is 5.91 Å². The summed E-state index contributed by atoms with van der Waals surface area (Å²) in [7, 11) is 0. The van der Waals surface area contributed by atoms with Crippen LogP contribution < -0.4 is 5.32 Å². The third kappa shape index (κ3) is 3.44. The van der Waals surface area contributed by atoms with Crippen molar-refractivity contribution < 1.29 is 4.79 Å². The van der Waals surface area contributed by atoms with Crippen molar-refractivity contribution in [3.05, 3.63) is 0 Å². The monoisotopic (exact) mass is 238 g/mol. The highest BCUT2D eigenvalue weighted by Crippen LogP contribution is 2.26. The van der Waals surface area contributed by atoms with E-state index in [4.69, 9.17) is 0 Å². The Bertz CT molecular complexity index is 249. The van der Waals surface area contributed by atoms with E-state index in [1.807, 2.05) is 4.90 Å². The summed E-state index contributed by atoms with van der Waals surface area (Å²) in [4.78, 5) is 14.1. The molecule has 0 aromatic rings. The summed E-state index contributed by atoms with van der Waals surface area (Å²) < 4.78 is 0. The molecule has 1 saturated heterocycles. The second kappa shape index (κ2) is 6.39. The molecule has 0 radical (unpaired) electrons. The topological polar surface area (TPSA) is 32.3 Å². The van der Waals surface area contributed by atoms with E-state index in [-0.39, 0.29) is 6.04 Å². The maximum absolute atomic E-state index is 12.0. The molecule has 17 heavy (non-hydrogen) atoms. The highest BCUT2D eigenvalue weighted by atomic mass is 16.2. The second-order valence-electron chi connectivity index (χ2n) is 5.60. The average molecular weight is 238 g/mol. The third-order valence-corrected chi connectivity index (χ3v) is 4.25. The Balaban J connectivity index is 1.70. The third-order valence-electron chi connectivity index (χ3n) is 4.25. The van der Waals surface area contributed by atoms with Crippen molar-refractivity contribution in [2.24, 2.45) is 5.92 Å². The van der Waals surface area contributed by atoms with Crippen LogP contribution in [0.25, 0.3) is 0 Å². The van der Waals surface area contributed by atoms with Crippen LogP contribution in [-0.2, 0) is 4.79 Å². The highest BCUT2D eigenvalue weighted by molar-refractivity contribution is 5.83. The van der Waals surface area contributed by atoms with Gasteiger partial charge in [0.2, 0.25) is 5.91 Å². The van der Waals surface area contributed by atoms with E-state index in [1.165, 1.54) is 38.5 Å². The molecule has 1 aliphatic carbocycles. The SMILES string of the molecule is CCCC1NCN(CCC2CCCCC2)C1=O. The lowest BCUT2D eigenvalue weighted by Crippen LogP contribution is -2.32. The van der Waals surface area contributed by atoms with Gasteiger partial charge in [-0.15, -0.1) is 0 Å². The lowest BCUT2D eigenvalue weighted by Gasteiger charge is -2.24. The first-order valence-corrected chi connectivity index (χ1v) is 7.33. The van der Waals surface area contributed by atoms with Gasteiger partial charge < -0.3 is 4.90 Å². The van der Waals surface area contributed by atoms with E-state index in [9.17, 15) is 4.79 Å². The van der Waals surface area contributed by atoms with Crippen LogP contribution in [0.5, 0.6) is 0 Å². The number of nitrogens with zero attached hydrogens (tertiary/aromatic N) is 1. The molecule has 1 unspecified atom stereocenters. The van der Waals surface area contributed by atoms with Crippen LogP contribution in [0.2, 0.25) is 0 Å². The maximum Gasteiger partial charge on any atom is 0.240 e. The highest BCUT2D eigenvalue weighted by Gasteiger charge is 2.30. The number of hydrogen-bond acceptors (Lipinski definition) is 2. The molecule has 2 fully saturated rings. The summed E-state index contributed by atoms with van der Waals surface area (Å²) in [6.07, 6.45) is 10.3. The normalized spacial score (nSPS) is 26.8. The van der Waals surface area contributed by atoms with Gasteiger partial charge in [-0.25, -0.2) is 0 Å². The first-order chi connectivity index (χ1) is 8.31. The predicted molar refractivity (Wildman–Crippen MR) is 69.6 cm³/mol. The van der Waals surface area contributed by atoms with Gasteiger partial charge in [0.15, 0.2) is 0 Å². The molecule has 1 N–H and O–H groups in total. The van der Waals surface area contributed by atoms with E-state index >= 15 is 0 Å². The maximum atomic E-state index is 12.0. The Hall–Kier alpha value is -0.570. The van der Waals surface area contributed by atoms with Crippen LogP contribution in [0.3, 0.4) is 0 Å². The fourth-order valence-corrected chi connectivity index (χ4v) is 3.12. The molecule has 3 heteroatoms. The van der Waals surface area contributed by atoms with Crippen LogP contribution in [0.4, 0.5) is 0 Å². The molecule has 0 bridgehead atoms. The molecule has 2 rings (SSSR count). The van der Waals surface area contributed by atoms with Gasteiger partial charge in [-0.3, -0.25) is 10.1 Å². The van der Waals surface area contributed by atoms with Gasteiger partial charge in [-0.05, 0) is 18.8 Å². The van der Waals surface area contributed by atoms with Crippen LogP contribution in [0.1, 0.15) is 58.3 Å². The summed E-state index contributed by atoms with van der Waals surface area (Å²) in [5, 5.41) is 3.32. The van der Waals surface area contributed by atoms with E-state index in [0.29, 0.717) is 5.91 Å². The minimum Gasteiger partial charge on any atom is -0.329 e. The van der Waals surface area contributed by atoms with Crippen molar-refractivity contribution in [2.75, 3.05) is 13.2 Å². The van der Waals surface area contributed by atoms with E-state index in [0.717, 1.165) is 32.0 Å². The first-order valence-electron chi connectivity index (χ1n) is 7.33. The van der Waals surface area contributed by atoms with Crippen molar-refractivity contribution in [3.8, 4) is 0 Å². The van der Waals surface area contributed by atoms with Crippen LogP contribution in [0.15, 0.2) is 0 Å². The van der Waals surface area contributed by atoms with Gasteiger partial charge in [0.25, 0.3) is 0 Å². The summed E-state index contributed by atoms with van der Waals surface area (Å²) >= 11 is 0. The zero-order chi connectivity index (χ0) is 12.1. The molecule has 0 spiro atoms. The Kier molecular flexibility index (Phi) is 4.84. The molecule has 1 atom stereocenters. The molecule has 0 aromatic heterocycles. The van der Waals surface area contributed by atoms with Gasteiger partial charge in [0.05, 0.1) is 12.7 Å². The van der Waals surface area contributed by atoms with Gasteiger partial charge in [-0.1, -0.05) is 45.4 Å². The smallest absolute Gasteiger partial charge is 0.240 e. The largest absolute Gasteiger partial charge is 0.329 e. The van der Waals surface area contributed by atoms with Crippen LogP contribution in [0, 0.1) is 5.92 Å². The molecule has 1 saturated carbocycles. The predicted octanol–water partition coefficient (Wildman–Crippen LogP) is 2.51. The average Bonchev–Trinajstić information content (AvgIpc) is 2.70. The lowest BCUT2D eigenvalue weighted by molar-refractivity contribution is -0.129. The summed E-state index contributed by atoms with van der Waals surface area (Å²) in [6, 6.07) is 0.103. The fraction of sp³-hybridized carbons (Fsp3) is 0.929. The molecule has 98 valence electrons. The molecule has 0 aromatic carbocycles. The quantitative estimate of drug-likeness (QED) is 0.798. The summed E-state index contributed by atoms with van der Waals surface area (Å²) in [6.45, 7) is 3.88. The van der Waals surface area contributed by atoms with Crippen LogP contribution >= 0.6 is 0 Å². The Morgan fingerprint density at radius 3 is 2.71 bits per heavy atom. The number of carbonyl (C=O) groups is 1. The van der Waals surface area contributed by atoms with E-state index < -0.39 is 0 Å². The zero-order valence-corrected chi connectivity index (χ0v) is 11.1. The summed E-state index contributed by atoms with van der Waals surface area (Å²) in [5.74, 6) is 1.21. The molecule has 1 heterocycles. The molecule has 2 aliphatic rings. The number of nitrogens with one attached hydrogen (secondary N) is 1. The Morgan fingerprint density at radius 1 is 1.24 bits per heavy atom. The minimum absolute atomic E-state index is 0.103. The molecule has 3 nitrogen and oxygen atoms in total. The van der Waals surface area contributed by atoms with Gasteiger partial charge in [-0.2, -0.15) is 0 Å². The second-order valence-corrected chi connectivity index (χ2v) is 5.60. The van der Waals surface area contributed by atoms with Crippen LogP contribution in [-0.4, -0.2) is 30.1 Å².